The molecule has 0 saturated carbocycles. The number of likely N-dealkylation sites (N-methyl/N-ethyl adjacent to an activating group) is 1. The quantitative estimate of drug-likeness (QED) is 0.771. The lowest BCUT2D eigenvalue weighted by Crippen LogP contribution is -2.53. The van der Waals surface area contributed by atoms with Crippen LogP contribution in [0.15, 0.2) is 0 Å². The van der Waals surface area contributed by atoms with Gasteiger partial charge < -0.3 is 10.0 Å². The van der Waals surface area contributed by atoms with Gasteiger partial charge >= 0.3 is 0 Å². The van der Waals surface area contributed by atoms with E-state index < -0.39 is 0 Å². The van der Waals surface area contributed by atoms with Crippen LogP contribution in [-0.4, -0.2) is 60.3 Å². The van der Waals surface area contributed by atoms with Crippen LogP contribution in [0.3, 0.4) is 0 Å². The summed E-state index contributed by atoms with van der Waals surface area (Å²) in [6, 6.07) is 0.665. The Morgan fingerprint density at radius 1 is 1.31 bits per heavy atom. The average molecular weight is 228 g/mol. The Morgan fingerprint density at radius 3 is 2.56 bits per heavy atom. The Kier molecular flexibility index (Phi) is 5.73. The summed E-state index contributed by atoms with van der Waals surface area (Å²) in [6.07, 6.45) is 2.10. The fourth-order valence-corrected chi connectivity index (χ4v) is 2.33. The third kappa shape index (κ3) is 3.72. The maximum atomic E-state index is 10.0. The van der Waals surface area contributed by atoms with E-state index in [0.29, 0.717) is 12.0 Å². The van der Waals surface area contributed by atoms with E-state index >= 15 is 0 Å². The second-order valence-electron chi connectivity index (χ2n) is 5.26. The van der Waals surface area contributed by atoms with Gasteiger partial charge in [-0.3, -0.25) is 4.90 Å². The molecule has 0 spiro atoms. The third-order valence-corrected chi connectivity index (χ3v) is 4.08. The minimum atomic E-state index is -0.161. The zero-order chi connectivity index (χ0) is 12.1. The number of piperazine rings is 1. The molecule has 3 atom stereocenters. The highest BCUT2D eigenvalue weighted by Gasteiger charge is 2.25. The minimum Gasteiger partial charge on any atom is -0.392 e. The normalized spacial score (nSPS) is 27.9. The van der Waals surface area contributed by atoms with Crippen LogP contribution in [0.25, 0.3) is 0 Å². The molecule has 1 aliphatic heterocycles. The van der Waals surface area contributed by atoms with Gasteiger partial charge in [-0.15, -0.1) is 0 Å². The first-order valence-corrected chi connectivity index (χ1v) is 6.69. The van der Waals surface area contributed by atoms with Crippen molar-refractivity contribution in [2.24, 2.45) is 5.92 Å². The molecule has 0 bridgehead atoms. The number of aliphatic hydroxyl groups excluding tert-OH is 1. The number of rotatable bonds is 5. The molecule has 1 N–H and O–H groups in total. The van der Waals surface area contributed by atoms with Crippen LogP contribution >= 0.6 is 0 Å². The first kappa shape index (κ1) is 13.9. The summed E-state index contributed by atoms with van der Waals surface area (Å²) in [7, 11) is 2.20. The van der Waals surface area contributed by atoms with Crippen molar-refractivity contribution >= 4 is 0 Å². The zero-order valence-corrected chi connectivity index (χ0v) is 11.3. The van der Waals surface area contributed by atoms with Crippen LogP contribution in [0.4, 0.5) is 0 Å². The summed E-state index contributed by atoms with van der Waals surface area (Å²) in [4.78, 5) is 4.86. The lowest BCUT2D eigenvalue weighted by molar-refractivity contribution is 0.0291. The highest BCUT2D eigenvalue weighted by molar-refractivity contribution is 4.81. The summed E-state index contributed by atoms with van der Waals surface area (Å²) >= 11 is 0. The molecule has 3 nitrogen and oxygen atoms in total. The van der Waals surface area contributed by atoms with E-state index in [2.05, 4.69) is 37.6 Å². The summed E-state index contributed by atoms with van der Waals surface area (Å²) < 4.78 is 0. The summed E-state index contributed by atoms with van der Waals surface area (Å²) in [5.74, 6) is 0.416. The van der Waals surface area contributed by atoms with E-state index in [0.717, 1.165) is 32.6 Å². The SMILES string of the molecule is CCC(C)C(O)CN1CCN(C)C(CC)C1. The highest BCUT2D eigenvalue weighted by Crippen LogP contribution is 2.14. The molecule has 0 aromatic carbocycles. The Bertz CT molecular complexity index is 198. The molecule has 96 valence electrons. The second kappa shape index (κ2) is 6.58. The van der Waals surface area contributed by atoms with Crippen molar-refractivity contribution in [1.29, 1.82) is 0 Å². The number of β-amino-alcohol motifs (C(OH)–C–C–N with tert-alkyl or cyclic N) is 1. The van der Waals surface area contributed by atoms with Crippen LogP contribution in [0.1, 0.15) is 33.6 Å². The summed E-state index contributed by atoms with van der Waals surface area (Å²) in [5, 5.41) is 10.0. The van der Waals surface area contributed by atoms with Crippen LogP contribution < -0.4 is 0 Å². The van der Waals surface area contributed by atoms with Crippen molar-refractivity contribution < 1.29 is 5.11 Å². The van der Waals surface area contributed by atoms with Crippen molar-refractivity contribution in [2.75, 3.05) is 33.2 Å². The second-order valence-corrected chi connectivity index (χ2v) is 5.26. The van der Waals surface area contributed by atoms with Crippen molar-refractivity contribution in [2.45, 2.75) is 45.8 Å². The molecule has 0 aromatic heterocycles. The van der Waals surface area contributed by atoms with E-state index in [1.54, 1.807) is 0 Å². The van der Waals surface area contributed by atoms with Gasteiger partial charge in [0.25, 0.3) is 0 Å². The van der Waals surface area contributed by atoms with E-state index in [-0.39, 0.29) is 6.10 Å². The summed E-state index contributed by atoms with van der Waals surface area (Å²) in [6.45, 7) is 10.7. The summed E-state index contributed by atoms with van der Waals surface area (Å²) in [5.41, 5.74) is 0. The standard InChI is InChI=1S/C13H28N2O/c1-5-11(3)13(16)10-15-8-7-14(4)12(6-2)9-15/h11-13,16H,5-10H2,1-4H3. The van der Waals surface area contributed by atoms with Gasteiger partial charge in [-0.25, -0.2) is 0 Å². The number of hydrogen-bond donors (Lipinski definition) is 1. The Hall–Kier alpha value is -0.120. The van der Waals surface area contributed by atoms with Crippen molar-refractivity contribution in [3.63, 3.8) is 0 Å². The maximum absolute atomic E-state index is 10.0. The lowest BCUT2D eigenvalue weighted by atomic mass is 10.0. The molecule has 1 heterocycles. The van der Waals surface area contributed by atoms with E-state index in [1.165, 1.54) is 6.42 Å². The first-order valence-electron chi connectivity index (χ1n) is 6.69. The van der Waals surface area contributed by atoms with Gasteiger partial charge in [0.2, 0.25) is 0 Å². The first-order chi connectivity index (χ1) is 7.58. The predicted octanol–water partition coefficient (Wildman–Crippen LogP) is 1.42. The van der Waals surface area contributed by atoms with Crippen molar-refractivity contribution in [3.05, 3.63) is 0 Å². The van der Waals surface area contributed by atoms with Gasteiger partial charge in [0, 0.05) is 32.2 Å². The molecule has 0 aromatic rings. The maximum Gasteiger partial charge on any atom is 0.0692 e. The molecule has 3 unspecified atom stereocenters. The van der Waals surface area contributed by atoms with Crippen LogP contribution in [0.2, 0.25) is 0 Å². The molecule has 3 heteroatoms. The van der Waals surface area contributed by atoms with Gasteiger partial charge in [-0.1, -0.05) is 27.2 Å². The van der Waals surface area contributed by atoms with Gasteiger partial charge in [0.15, 0.2) is 0 Å². The van der Waals surface area contributed by atoms with Gasteiger partial charge in [0.1, 0.15) is 0 Å². The third-order valence-electron chi connectivity index (χ3n) is 4.08. The van der Waals surface area contributed by atoms with Gasteiger partial charge in [-0.2, -0.15) is 0 Å². The zero-order valence-electron chi connectivity index (χ0n) is 11.3. The van der Waals surface area contributed by atoms with Crippen LogP contribution in [0.5, 0.6) is 0 Å². The van der Waals surface area contributed by atoms with Gasteiger partial charge in [0.05, 0.1) is 6.10 Å². The van der Waals surface area contributed by atoms with E-state index in [4.69, 9.17) is 0 Å². The monoisotopic (exact) mass is 228 g/mol. The number of aliphatic hydroxyl groups is 1. The minimum absolute atomic E-state index is 0.161. The van der Waals surface area contributed by atoms with Crippen molar-refractivity contribution in [1.82, 2.24) is 9.80 Å². The van der Waals surface area contributed by atoms with E-state index in [9.17, 15) is 5.11 Å². The molecule has 0 amide bonds. The molecule has 1 saturated heterocycles. The number of nitrogens with zero attached hydrogens (tertiary/aromatic N) is 2. The molecule has 16 heavy (non-hydrogen) atoms. The van der Waals surface area contributed by atoms with Crippen molar-refractivity contribution in [3.8, 4) is 0 Å². The largest absolute Gasteiger partial charge is 0.392 e. The van der Waals surface area contributed by atoms with Gasteiger partial charge in [-0.05, 0) is 19.4 Å². The molecular weight excluding hydrogens is 200 g/mol. The Labute approximate surface area is 100 Å². The molecule has 1 rings (SSSR count). The van der Waals surface area contributed by atoms with E-state index in [1.807, 2.05) is 0 Å². The average Bonchev–Trinajstić information content (AvgIpc) is 2.30. The molecular formula is C13H28N2O. The molecule has 1 aliphatic rings. The number of hydrogen-bond acceptors (Lipinski definition) is 3. The lowest BCUT2D eigenvalue weighted by Gasteiger charge is -2.40. The topological polar surface area (TPSA) is 26.7 Å². The highest BCUT2D eigenvalue weighted by atomic mass is 16.3. The predicted molar refractivity (Wildman–Crippen MR) is 68.6 cm³/mol. The fraction of sp³-hybridized carbons (Fsp3) is 1.00. The Morgan fingerprint density at radius 2 is 2.00 bits per heavy atom. The Balaban J connectivity index is 2.38. The fourth-order valence-electron chi connectivity index (χ4n) is 2.33. The molecule has 0 radical (unpaired) electrons. The smallest absolute Gasteiger partial charge is 0.0692 e. The van der Waals surface area contributed by atoms with Crippen LogP contribution in [-0.2, 0) is 0 Å². The van der Waals surface area contributed by atoms with Crippen LogP contribution in [0, 0.1) is 5.92 Å². The molecule has 1 fully saturated rings. The molecule has 0 aliphatic carbocycles.